The minimum atomic E-state index is -1.71. The predicted molar refractivity (Wildman–Crippen MR) is 140 cm³/mol. The van der Waals surface area contributed by atoms with Crippen LogP contribution in [0.1, 0.15) is 92.9 Å². The van der Waals surface area contributed by atoms with Gasteiger partial charge in [0.05, 0.1) is 6.10 Å². The number of nitrogens with two attached hydrogens (primary N) is 1. The Morgan fingerprint density at radius 1 is 1.03 bits per heavy atom. The maximum atomic E-state index is 11.6. The number of hydrogen-bond donors (Lipinski definition) is 4. The molecular formula is C23H49ClN4O4Si. The Morgan fingerprint density at radius 2 is 1.55 bits per heavy atom. The highest BCUT2D eigenvalue weighted by molar-refractivity contribution is 6.74. The third kappa shape index (κ3) is 13.1. The van der Waals surface area contributed by atoms with Gasteiger partial charge in [-0.2, -0.15) is 5.10 Å². The number of hydrazine groups is 1. The first kappa shape index (κ1) is 32.3. The largest absolute Gasteiger partial charge is 0.443 e. The number of aliphatic hydroxyl groups is 1. The van der Waals surface area contributed by atoms with Crippen LogP contribution in [0.25, 0.3) is 0 Å². The van der Waals surface area contributed by atoms with E-state index in [-0.39, 0.29) is 23.5 Å². The first-order valence-electron chi connectivity index (χ1n) is 12.0. The van der Waals surface area contributed by atoms with E-state index in [2.05, 4.69) is 49.8 Å². The molecule has 10 heteroatoms. The highest BCUT2D eigenvalue weighted by Gasteiger charge is 2.39. The number of hydrogen-bond acceptors (Lipinski definition) is 7. The van der Waals surface area contributed by atoms with Crippen molar-refractivity contribution in [1.29, 1.82) is 0 Å². The standard InChI is InChI=1S/C17H34N2O3Si.C6H14N2O.ClH/c1-16(2,3)21-15(20)19-18-13-9-11-14(12-10-13)22-23(7,8)17(4,5)6;7-8-5-1-3-6(9)4-2-5;/h14H,9-12H2,1-8H3,(H,19,20);5-6,8-9H,1-4,7H2;1H. The molecule has 0 bridgehead atoms. The van der Waals surface area contributed by atoms with Crippen LogP contribution in [0.5, 0.6) is 0 Å². The summed E-state index contributed by atoms with van der Waals surface area (Å²) in [4.78, 5) is 11.6. The van der Waals surface area contributed by atoms with E-state index in [1.165, 1.54) is 0 Å². The minimum Gasteiger partial charge on any atom is -0.443 e. The molecule has 0 aromatic heterocycles. The van der Waals surface area contributed by atoms with Gasteiger partial charge in [-0.1, -0.05) is 20.8 Å². The quantitative estimate of drug-likeness (QED) is 0.241. The maximum absolute atomic E-state index is 11.6. The Morgan fingerprint density at radius 3 is 1.97 bits per heavy atom. The molecule has 0 aliphatic heterocycles. The SMILES string of the molecule is CC(C)(C)OC(=O)NN=C1CCC(O[Si](C)(C)C(C)(C)C)CC1.Cl.NNC1CCC(O)CC1. The van der Waals surface area contributed by atoms with Gasteiger partial charge in [-0.25, -0.2) is 10.2 Å². The summed E-state index contributed by atoms with van der Waals surface area (Å²) in [6, 6.07) is 0.438. The molecule has 0 saturated heterocycles. The van der Waals surface area contributed by atoms with Gasteiger partial charge in [-0.05, 0) is 90.3 Å². The van der Waals surface area contributed by atoms with E-state index in [4.69, 9.17) is 20.1 Å². The lowest BCUT2D eigenvalue weighted by molar-refractivity contribution is 0.0528. The molecule has 0 aromatic carbocycles. The van der Waals surface area contributed by atoms with Crippen LogP contribution in [-0.4, -0.2) is 49.1 Å². The molecular weight excluding hydrogens is 460 g/mol. The first-order chi connectivity index (χ1) is 14.6. The van der Waals surface area contributed by atoms with Crippen molar-refractivity contribution in [1.82, 2.24) is 10.9 Å². The molecule has 2 fully saturated rings. The Bertz CT molecular complexity index is 603. The monoisotopic (exact) mass is 508 g/mol. The van der Waals surface area contributed by atoms with Crippen LogP contribution < -0.4 is 16.7 Å². The van der Waals surface area contributed by atoms with Crippen molar-refractivity contribution < 1.29 is 19.1 Å². The van der Waals surface area contributed by atoms with Crippen LogP contribution in [0.15, 0.2) is 5.10 Å². The summed E-state index contributed by atoms with van der Waals surface area (Å²) in [6.45, 7) is 16.9. The predicted octanol–water partition coefficient (Wildman–Crippen LogP) is 5.01. The lowest BCUT2D eigenvalue weighted by atomic mass is 9.94. The summed E-state index contributed by atoms with van der Waals surface area (Å²) in [6.07, 6.45) is 7.25. The van der Waals surface area contributed by atoms with Crippen molar-refractivity contribution in [2.75, 3.05) is 0 Å². The number of amides is 1. The van der Waals surface area contributed by atoms with E-state index < -0.39 is 20.0 Å². The topological polar surface area (TPSA) is 118 Å². The zero-order chi connectivity index (χ0) is 24.6. The van der Waals surface area contributed by atoms with Gasteiger partial charge in [0, 0.05) is 17.9 Å². The summed E-state index contributed by atoms with van der Waals surface area (Å²) in [7, 11) is -1.71. The number of carbonyl (C=O) groups excluding carboxylic acids is 1. The Hall–Kier alpha value is -0.713. The molecule has 2 aliphatic carbocycles. The molecule has 0 atom stereocenters. The summed E-state index contributed by atoms with van der Waals surface area (Å²) in [5.74, 6) is 5.22. The van der Waals surface area contributed by atoms with Gasteiger partial charge in [0.2, 0.25) is 0 Å². The fraction of sp³-hybridized carbons (Fsp3) is 0.913. The number of ether oxygens (including phenoxy) is 1. The molecule has 0 unspecified atom stereocenters. The molecule has 0 radical (unpaired) electrons. The van der Waals surface area contributed by atoms with Crippen molar-refractivity contribution in [3.63, 3.8) is 0 Å². The molecule has 0 aromatic rings. The van der Waals surface area contributed by atoms with Crippen molar-refractivity contribution in [2.45, 2.75) is 135 Å². The molecule has 2 rings (SSSR count). The summed E-state index contributed by atoms with van der Waals surface area (Å²) < 4.78 is 11.6. The third-order valence-corrected chi connectivity index (χ3v) is 10.9. The highest BCUT2D eigenvalue weighted by Crippen LogP contribution is 2.38. The van der Waals surface area contributed by atoms with Crippen LogP contribution in [0.3, 0.4) is 0 Å². The van der Waals surface area contributed by atoms with Crippen molar-refractivity contribution in [3.8, 4) is 0 Å². The van der Waals surface area contributed by atoms with Crippen LogP contribution in [0.2, 0.25) is 18.1 Å². The molecule has 5 N–H and O–H groups in total. The maximum Gasteiger partial charge on any atom is 0.428 e. The van der Waals surface area contributed by atoms with Gasteiger partial charge >= 0.3 is 6.09 Å². The Kier molecular flexibility index (Phi) is 13.7. The number of rotatable bonds is 4. The van der Waals surface area contributed by atoms with Crippen LogP contribution >= 0.6 is 12.4 Å². The highest BCUT2D eigenvalue weighted by atomic mass is 35.5. The molecule has 33 heavy (non-hydrogen) atoms. The normalized spacial score (nSPS) is 24.1. The van der Waals surface area contributed by atoms with Gasteiger partial charge in [0.1, 0.15) is 5.60 Å². The van der Waals surface area contributed by atoms with Crippen LogP contribution in [-0.2, 0) is 9.16 Å². The van der Waals surface area contributed by atoms with E-state index in [9.17, 15) is 4.79 Å². The average molecular weight is 509 g/mol. The lowest BCUT2D eigenvalue weighted by Gasteiger charge is -2.40. The first-order valence-corrected chi connectivity index (χ1v) is 14.9. The van der Waals surface area contributed by atoms with Gasteiger partial charge in [-0.15, -0.1) is 12.4 Å². The third-order valence-electron chi connectivity index (χ3n) is 6.41. The zero-order valence-corrected chi connectivity index (χ0v) is 23.8. The second-order valence-electron chi connectivity index (χ2n) is 11.5. The van der Waals surface area contributed by atoms with Gasteiger partial charge in [0.25, 0.3) is 0 Å². The molecule has 2 aliphatic rings. The number of nitrogens with one attached hydrogen (secondary N) is 2. The Labute approximate surface area is 208 Å². The van der Waals surface area contributed by atoms with Crippen molar-refractivity contribution in [2.24, 2.45) is 10.9 Å². The average Bonchev–Trinajstić information content (AvgIpc) is 2.66. The van der Waals surface area contributed by atoms with Crippen molar-refractivity contribution >= 4 is 32.5 Å². The Balaban J connectivity index is 0.000000856. The number of halogens is 1. The summed E-state index contributed by atoms with van der Waals surface area (Å²) in [5, 5.41) is 13.5. The lowest BCUT2D eigenvalue weighted by Crippen LogP contribution is -2.44. The van der Waals surface area contributed by atoms with E-state index in [0.717, 1.165) is 57.1 Å². The van der Waals surface area contributed by atoms with Gasteiger partial charge < -0.3 is 14.3 Å². The molecule has 1 amide bonds. The van der Waals surface area contributed by atoms with E-state index in [0.29, 0.717) is 12.1 Å². The van der Waals surface area contributed by atoms with Crippen LogP contribution in [0, 0.1) is 0 Å². The van der Waals surface area contributed by atoms with E-state index in [1.54, 1.807) is 0 Å². The van der Waals surface area contributed by atoms with Gasteiger partial charge in [0.15, 0.2) is 8.32 Å². The second kappa shape index (κ2) is 14.0. The van der Waals surface area contributed by atoms with E-state index >= 15 is 0 Å². The fourth-order valence-corrected chi connectivity index (χ4v) is 4.84. The smallest absolute Gasteiger partial charge is 0.428 e. The van der Waals surface area contributed by atoms with Crippen LogP contribution in [0.4, 0.5) is 4.79 Å². The number of nitrogens with zero attached hydrogens (tertiary/aromatic N) is 1. The second-order valence-corrected chi connectivity index (χ2v) is 16.3. The molecule has 8 nitrogen and oxygen atoms in total. The molecule has 2 saturated carbocycles. The summed E-state index contributed by atoms with van der Waals surface area (Å²) >= 11 is 0. The molecule has 0 spiro atoms. The molecule has 196 valence electrons. The minimum absolute atomic E-state index is 0. The molecule has 0 heterocycles. The number of carbonyl (C=O) groups is 1. The van der Waals surface area contributed by atoms with Gasteiger partial charge in [-0.3, -0.25) is 11.3 Å². The van der Waals surface area contributed by atoms with Crippen molar-refractivity contribution in [3.05, 3.63) is 0 Å². The van der Waals surface area contributed by atoms with E-state index in [1.807, 2.05) is 20.8 Å². The zero-order valence-electron chi connectivity index (χ0n) is 22.0. The summed E-state index contributed by atoms with van der Waals surface area (Å²) in [5.41, 5.74) is 5.72. The number of hydrazone groups is 1. The number of aliphatic hydroxyl groups excluding tert-OH is 1. The fourth-order valence-electron chi connectivity index (χ4n) is 3.42.